The van der Waals surface area contributed by atoms with E-state index in [9.17, 15) is 5.26 Å². The van der Waals surface area contributed by atoms with Gasteiger partial charge in [-0.3, -0.25) is 0 Å². The van der Waals surface area contributed by atoms with Crippen LogP contribution in [0.25, 0.3) is 16.9 Å². The maximum absolute atomic E-state index is 9.54. The molecule has 5 N–H and O–H groups in total. The average Bonchev–Trinajstić information content (AvgIpc) is 3.10. The normalized spacial score (nSPS) is 13.5. The number of rotatable bonds is 4. The lowest BCUT2D eigenvalue weighted by atomic mass is 10.0. The van der Waals surface area contributed by atoms with Gasteiger partial charge in [0.25, 0.3) is 0 Å². The molecule has 34 heavy (non-hydrogen) atoms. The van der Waals surface area contributed by atoms with Crippen molar-refractivity contribution in [1.82, 2.24) is 24.6 Å². The predicted molar refractivity (Wildman–Crippen MR) is 127 cm³/mol. The van der Waals surface area contributed by atoms with Gasteiger partial charge in [-0.25, -0.2) is 9.50 Å². The van der Waals surface area contributed by atoms with Gasteiger partial charge in [0.05, 0.1) is 17.4 Å². The number of aromatic nitrogens is 5. The van der Waals surface area contributed by atoms with Crippen molar-refractivity contribution in [3.05, 3.63) is 46.2 Å². The molecule has 3 aromatic heterocycles. The first-order valence-electron chi connectivity index (χ1n) is 10.4. The minimum absolute atomic E-state index is 0.000167. The van der Waals surface area contributed by atoms with E-state index in [2.05, 4.69) is 20.4 Å². The number of nitrogen functional groups attached to an aromatic ring is 2. The van der Waals surface area contributed by atoms with Crippen molar-refractivity contribution in [2.24, 2.45) is 0 Å². The zero-order valence-corrected chi connectivity index (χ0v) is 19.1. The van der Waals surface area contributed by atoms with Crippen LogP contribution >= 0.6 is 11.6 Å². The maximum Gasteiger partial charge on any atom is 0.224 e. The first-order chi connectivity index (χ1) is 16.4. The first-order valence-corrected chi connectivity index (χ1v) is 10.8. The molecule has 0 fully saturated rings. The molecule has 0 bridgehead atoms. The molecule has 11 nitrogen and oxygen atoms in total. The maximum atomic E-state index is 9.54. The lowest BCUT2D eigenvalue weighted by molar-refractivity contribution is 0.171. The monoisotopic (exact) mass is 477 g/mol. The molecular weight excluding hydrogens is 458 g/mol. The molecular formula is C22H20ClN9O2. The molecule has 1 aliphatic heterocycles. The fourth-order valence-corrected chi connectivity index (χ4v) is 3.97. The van der Waals surface area contributed by atoms with E-state index in [0.717, 1.165) is 11.1 Å². The molecule has 1 aliphatic rings. The second-order valence-corrected chi connectivity index (χ2v) is 8.12. The number of hydrogen-bond acceptors (Lipinski definition) is 10. The van der Waals surface area contributed by atoms with Crippen LogP contribution in [0.5, 0.6) is 11.5 Å². The SMILES string of the molecule is Cc1nn2cc([C@H](C)Nc3nc(N)nc(N)c3C#N)c(-c3ccc4c(c3)OCCO4)nc2c1Cl. The smallest absolute Gasteiger partial charge is 0.224 e. The van der Waals surface area contributed by atoms with Crippen LogP contribution in [0.15, 0.2) is 24.4 Å². The number of ether oxygens (including phenoxy) is 2. The Hall–Kier alpha value is -4.30. The van der Waals surface area contributed by atoms with Gasteiger partial charge in [-0.1, -0.05) is 11.6 Å². The van der Waals surface area contributed by atoms with Gasteiger partial charge in [0, 0.05) is 17.3 Å². The zero-order valence-electron chi connectivity index (χ0n) is 18.3. The van der Waals surface area contributed by atoms with Crippen molar-refractivity contribution in [3.63, 3.8) is 0 Å². The minimum Gasteiger partial charge on any atom is -0.486 e. The van der Waals surface area contributed by atoms with Gasteiger partial charge in [0.2, 0.25) is 5.95 Å². The molecule has 1 aromatic carbocycles. The predicted octanol–water partition coefficient (Wildman–Crippen LogP) is 3.13. The van der Waals surface area contributed by atoms with E-state index in [1.54, 1.807) is 4.52 Å². The number of hydrogen-bond donors (Lipinski definition) is 3. The number of halogens is 1. The number of nitrogens with zero attached hydrogens (tertiary/aromatic N) is 6. The zero-order chi connectivity index (χ0) is 24.0. The van der Waals surface area contributed by atoms with Gasteiger partial charge in [0.15, 0.2) is 23.0 Å². The van der Waals surface area contributed by atoms with Crippen LogP contribution in [0, 0.1) is 18.3 Å². The summed E-state index contributed by atoms with van der Waals surface area (Å²) in [7, 11) is 0. The summed E-state index contributed by atoms with van der Waals surface area (Å²) in [6.45, 7) is 4.68. The molecule has 4 heterocycles. The lowest BCUT2D eigenvalue weighted by Crippen LogP contribution is -2.16. The van der Waals surface area contributed by atoms with Gasteiger partial charge >= 0.3 is 0 Å². The fourth-order valence-electron chi connectivity index (χ4n) is 3.80. The van der Waals surface area contributed by atoms with E-state index in [1.165, 1.54) is 0 Å². The third kappa shape index (κ3) is 3.64. The molecule has 0 amide bonds. The van der Waals surface area contributed by atoms with Crippen molar-refractivity contribution in [3.8, 4) is 28.8 Å². The van der Waals surface area contributed by atoms with Gasteiger partial charge < -0.3 is 26.3 Å². The third-order valence-corrected chi connectivity index (χ3v) is 5.89. The van der Waals surface area contributed by atoms with E-state index >= 15 is 0 Å². The van der Waals surface area contributed by atoms with E-state index in [1.807, 2.05) is 44.3 Å². The van der Waals surface area contributed by atoms with E-state index in [0.29, 0.717) is 46.8 Å². The molecule has 0 spiro atoms. The summed E-state index contributed by atoms with van der Waals surface area (Å²) in [5.41, 5.74) is 15.1. The van der Waals surface area contributed by atoms with E-state index < -0.39 is 0 Å². The Labute approximate surface area is 199 Å². The van der Waals surface area contributed by atoms with Crippen molar-refractivity contribution in [1.29, 1.82) is 5.26 Å². The van der Waals surface area contributed by atoms with Gasteiger partial charge in [0.1, 0.15) is 35.7 Å². The molecule has 4 aromatic rings. The van der Waals surface area contributed by atoms with Gasteiger partial charge in [-0.2, -0.15) is 20.3 Å². The average molecular weight is 478 g/mol. The van der Waals surface area contributed by atoms with Crippen LogP contribution < -0.4 is 26.3 Å². The highest BCUT2D eigenvalue weighted by Gasteiger charge is 2.22. The number of nitrogens with one attached hydrogen (secondary N) is 1. The van der Waals surface area contributed by atoms with Crippen LogP contribution in [-0.4, -0.2) is 37.8 Å². The molecule has 0 saturated heterocycles. The Kier molecular flexibility index (Phi) is 5.22. The van der Waals surface area contributed by atoms with Crippen LogP contribution in [0.4, 0.5) is 17.6 Å². The van der Waals surface area contributed by atoms with Crippen LogP contribution in [-0.2, 0) is 0 Å². The van der Waals surface area contributed by atoms with E-state index in [-0.39, 0.29) is 29.2 Å². The summed E-state index contributed by atoms with van der Waals surface area (Å²) >= 11 is 6.47. The quantitative estimate of drug-likeness (QED) is 0.398. The van der Waals surface area contributed by atoms with Crippen LogP contribution in [0.2, 0.25) is 5.02 Å². The molecule has 0 saturated carbocycles. The van der Waals surface area contributed by atoms with Crippen molar-refractivity contribution in [2.75, 3.05) is 30.0 Å². The summed E-state index contributed by atoms with van der Waals surface area (Å²) < 4.78 is 13.0. The number of benzene rings is 1. The molecule has 0 aliphatic carbocycles. The molecule has 12 heteroatoms. The highest BCUT2D eigenvalue weighted by atomic mass is 35.5. The molecule has 1 atom stereocenters. The van der Waals surface area contributed by atoms with Crippen molar-refractivity contribution < 1.29 is 9.47 Å². The first kappa shape index (κ1) is 21.5. The summed E-state index contributed by atoms with van der Waals surface area (Å²) in [6.07, 6.45) is 1.84. The molecule has 0 unspecified atom stereocenters. The highest BCUT2D eigenvalue weighted by molar-refractivity contribution is 6.34. The Balaban J connectivity index is 1.65. The Morgan fingerprint density at radius 2 is 1.94 bits per heavy atom. The van der Waals surface area contributed by atoms with Gasteiger partial charge in [-0.15, -0.1) is 0 Å². The minimum atomic E-state index is -0.385. The fraction of sp³-hybridized carbons (Fsp3) is 0.227. The van der Waals surface area contributed by atoms with Crippen LogP contribution in [0.1, 0.15) is 29.8 Å². The lowest BCUT2D eigenvalue weighted by Gasteiger charge is -2.21. The van der Waals surface area contributed by atoms with Crippen molar-refractivity contribution in [2.45, 2.75) is 19.9 Å². The molecule has 5 rings (SSSR count). The van der Waals surface area contributed by atoms with Gasteiger partial charge in [-0.05, 0) is 32.0 Å². The Morgan fingerprint density at radius 1 is 1.18 bits per heavy atom. The largest absolute Gasteiger partial charge is 0.486 e. The number of aryl methyl sites for hydroxylation is 1. The molecule has 172 valence electrons. The Morgan fingerprint density at radius 3 is 2.71 bits per heavy atom. The molecule has 0 radical (unpaired) electrons. The van der Waals surface area contributed by atoms with E-state index in [4.69, 9.17) is 37.5 Å². The Bertz CT molecular complexity index is 1480. The highest BCUT2D eigenvalue weighted by Crippen LogP contribution is 2.37. The summed E-state index contributed by atoms with van der Waals surface area (Å²) in [4.78, 5) is 12.9. The number of fused-ring (bicyclic) bond motifs is 2. The third-order valence-electron chi connectivity index (χ3n) is 5.44. The number of nitrogens with two attached hydrogens (primary N) is 2. The van der Waals surface area contributed by atoms with Crippen molar-refractivity contribution >= 4 is 34.8 Å². The topological polar surface area (TPSA) is 162 Å². The second-order valence-electron chi connectivity index (χ2n) is 7.74. The number of nitriles is 1. The van der Waals surface area contributed by atoms with Crippen LogP contribution in [0.3, 0.4) is 0 Å². The second kappa shape index (κ2) is 8.24. The summed E-state index contributed by atoms with van der Waals surface area (Å²) in [5.74, 6) is 1.49. The standard InChI is InChI=1S/C22H20ClN9O2/c1-10(27-20-13(8-24)19(25)29-22(26)30-20)14-9-32-21(17(23)11(2)31-32)28-18(14)12-3-4-15-16(7-12)34-6-5-33-15/h3-4,7,9-10H,5-6H2,1-2H3,(H5,25,26,27,29,30)/t10-/m0/s1. The summed E-state index contributed by atoms with van der Waals surface area (Å²) in [5, 5.41) is 17.7. The summed E-state index contributed by atoms with van der Waals surface area (Å²) in [6, 6.07) is 7.26. The number of anilines is 3.